The fraction of sp³-hybridized carbons (Fsp3) is 0.240. The summed E-state index contributed by atoms with van der Waals surface area (Å²) in [5.74, 6) is 2.14. The number of hydrogen-bond donors (Lipinski definition) is 0. The molecule has 0 saturated heterocycles. The second-order valence-electron chi connectivity index (χ2n) is 15.0. The summed E-state index contributed by atoms with van der Waals surface area (Å²) >= 11 is 0. The third kappa shape index (κ3) is 6.29. The van der Waals surface area contributed by atoms with Crippen LogP contribution in [0.4, 0.5) is 0 Å². The number of fused-ring (bicyclic) bond motifs is 3. The van der Waals surface area contributed by atoms with Crippen LogP contribution in [0.2, 0.25) is 0 Å². The third-order valence-corrected chi connectivity index (χ3v) is 11.8. The number of benzene rings is 3. The third-order valence-electron chi connectivity index (χ3n) is 11.8. The van der Waals surface area contributed by atoms with E-state index in [-0.39, 0.29) is 0 Å². The summed E-state index contributed by atoms with van der Waals surface area (Å²) in [7, 11) is 0. The predicted molar refractivity (Wildman–Crippen MR) is 213 cm³/mol. The van der Waals surface area contributed by atoms with Crippen molar-refractivity contribution in [1.29, 1.82) is 0 Å². The lowest BCUT2D eigenvalue weighted by atomic mass is 9.70. The highest BCUT2D eigenvalue weighted by Crippen LogP contribution is 2.46. The van der Waals surface area contributed by atoms with E-state index in [0.717, 1.165) is 44.9 Å². The first-order valence-corrected chi connectivity index (χ1v) is 19.0. The molecule has 3 aromatic carbocycles. The molecule has 4 unspecified atom stereocenters. The second-order valence-corrected chi connectivity index (χ2v) is 15.0. The summed E-state index contributed by atoms with van der Waals surface area (Å²) in [5, 5.41) is 0. The number of hydrogen-bond acceptors (Lipinski definition) is 0. The standard InChI is InChI=1S/C50H46/c1-5-13-35(14-6-1)43-29-44(36-15-7-2-8-16-36)32-47(31-43)39-23-25-49-41(27-39)21-22-42-28-40(24-26-50(42)49)48-33-45(37-17-9-3-10-18-37)30-46(34-48)38-19-11-4-12-20-38/h1-3,5-11,13-15,17,19-20,23-27,29-32,34,36-37,42,45H,4,12,16,18,21-22,28,33H2. The Balaban J connectivity index is 1.03. The first kappa shape index (κ1) is 31.1. The van der Waals surface area contributed by atoms with Gasteiger partial charge in [0.25, 0.3) is 0 Å². The molecule has 0 N–H and O–H groups in total. The maximum atomic E-state index is 2.58. The van der Waals surface area contributed by atoms with Crippen molar-refractivity contribution in [1.82, 2.24) is 0 Å². The first-order valence-electron chi connectivity index (χ1n) is 19.0. The van der Waals surface area contributed by atoms with Crippen LogP contribution in [-0.2, 0) is 6.42 Å². The van der Waals surface area contributed by atoms with E-state index in [1.807, 2.05) is 0 Å². The van der Waals surface area contributed by atoms with Crippen LogP contribution in [0.3, 0.4) is 0 Å². The lowest BCUT2D eigenvalue weighted by molar-refractivity contribution is 0.464. The van der Waals surface area contributed by atoms with Gasteiger partial charge in [0.2, 0.25) is 0 Å². The average molecular weight is 647 g/mol. The van der Waals surface area contributed by atoms with Crippen LogP contribution < -0.4 is 0 Å². The number of rotatable bonds is 6. The fourth-order valence-electron chi connectivity index (χ4n) is 9.09. The van der Waals surface area contributed by atoms with Gasteiger partial charge in [-0.15, -0.1) is 0 Å². The van der Waals surface area contributed by atoms with E-state index in [9.17, 15) is 0 Å². The van der Waals surface area contributed by atoms with Crippen LogP contribution in [0.5, 0.6) is 0 Å². The van der Waals surface area contributed by atoms with Gasteiger partial charge in [-0.25, -0.2) is 0 Å². The van der Waals surface area contributed by atoms with E-state index in [1.165, 1.54) is 56.5 Å². The molecule has 6 aliphatic carbocycles. The normalized spacial score (nSPS) is 25.2. The molecule has 0 fully saturated rings. The van der Waals surface area contributed by atoms with Crippen LogP contribution in [0.15, 0.2) is 180 Å². The smallest absolute Gasteiger partial charge is 0.00561 e. The van der Waals surface area contributed by atoms with Crippen molar-refractivity contribution in [2.75, 3.05) is 0 Å². The van der Waals surface area contributed by atoms with Gasteiger partial charge in [0.15, 0.2) is 0 Å². The van der Waals surface area contributed by atoms with Gasteiger partial charge < -0.3 is 0 Å². The van der Waals surface area contributed by atoms with E-state index in [1.54, 1.807) is 16.7 Å². The van der Waals surface area contributed by atoms with Gasteiger partial charge in [0.05, 0.1) is 0 Å². The SMILES string of the molecule is C1=CCC(c2cc(-c3ccccc3)cc(-c3ccc4c(c3)CCC3CC(C5=CC(C6=CCCC=C6)=CC(C6C=CC=CC6)C5)=CC=C43)c2)C=C1. The van der Waals surface area contributed by atoms with Crippen LogP contribution in [0, 0.1) is 17.8 Å². The van der Waals surface area contributed by atoms with Crippen LogP contribution in [-0.4, -0.2) is 0 Å². The molecule has 0 aromatic heterocycles. The summed E-state index contributed by atoms with van der Waals surface area (Å²) in [6, 6.07) is 25.4. The van der Waals surface area contributed by atoms with Crippen molar-refractivity contribution in [2.45, 2.75) is 57.3 Å². The van der Waals surface area contributed by atoms with E-state index >= 15 is 0 Å². The molecule has 0 bridgehead atoms. The van der Waals surface area contributed by atoms with Crippen LogP contribution in [0.25, 0.3) is 27.8 Å². The molecule has 50 heavy (non-hydrogen) atoms. The Morgan fingerprint density at radius 2 is 1.46 bits per heavy atom. The molecule has 0 heteroatoms. The molecule has 246 valence electrons. The van der Waals surface area contributed by atoms with Crippen molar-refractivity contribution < 1.29 is 0 Å². The molecular weight excluding hydrogens is 601 g/mol. The molecule has 3 aromatic rings. The van der Waals surface area contributed by atoms with Gasteiger partial charge in [-0.2, -0.15) is 0 Å². The summed E-state index contributed by atoms with van der Waals surface area (Å²) in [4.78, 5) is 0. The molecule has 0 aliphatic heterocycles. The highest BCUT2D eigenvalue weighted by atomic mass is 14.3. The second kappa shape index (κ2) is 13.8. The van der Waals surface area contributed by atoms with Crippen molar-refractivity contribution >= 4 is 5.57 Å². The van der Waals surface area contributed by atoms with E-state index in [2.05, 4.69) is 158 Å². The molecule has 0 amide bonds. The summed E-state index contributed by atoms with van der Waals surface area (Å²) in [5.41, 5.74) is 17.1. The van der Waals surface area contributed by atoms with E-state index < -0.39 is 0 Å². The lowest BCUT2D eigenvalue weighted by Crippen LogP contribution is -2.20. The van der Waals surface area contributed by atoms with Gasteiger partial charge in [-0.1, -0.05) is 152 Å². The van der Waals surface area contributed by atoms with Gasteiger partial charge in [-0.3, -0.25) is 0 Å². The molecule has 6 aliphatic rings. The zero-order valence-electron chi connectivity index (χ0n) is 29.0. The zero-order chi connectivity index (χ0) is 33.3. The maximum Gasteiger partial charge on any atom is 0.00561 e. The molecule has 4 atom stereocenters. The minimum absolute atomic E-state index is 0.419. The van der Waals surface area contributed by atoms with E-state index in [4.69, 9.17) is 0 Å². The molecule has 0 heterocycles. The van der Waals surface area contributed by atoms with Gasteiger partial charge >= 0.3 is 0 Å². The summed E-state index contributed by atoms with van der Waals surface area (Å²) in [6.07, 6.45) is 44.7. The largest absolute Gasteiger partial charge is 0.0839 e. The number of aryl methyl sites for hydroxylation is 1. The predicted octanol–water partition coefficient (Wildman–Crippen LogP) is 13.2. The molecule has 0 nitrogen and oxygen atoms in total. The fourth-order valence-corrected chi connectivity index (χ4v) is 9.09. The lowest BCUT2D eigenvalue weighted by Gasteiger charge is -2.34. The summed E-state index contributed by atoms with van der Waals surface area (Å²) in [6.45, 7) is 0. The molecule has 0 saturated carbocycles. The van der Waals surface area contributed by atoms with Crippen molar-refractivity contribution in [3.63, 3.8) is 0 Å². The Bertz CT molecular complexity index is 2110. The topological polar surface area (TPSA) is 0 Å². The van der Waals surface area contributed by atoms with Crippen molar-refractivity contribution in [3.8, 4) is 22.3 Å². The first-order chi connectivity index (χ1) is 24.7. The monoisotopic (exact) mass is 646 g/mol. The average Bonchev–Trinajstić information content (AvgIpc) is 3.21. The van der Waals surface area contributed by atoms with Crippen LogP contribution in [0.1, 0.15) is 67.6 Å². The molecule has 0 radical (unpaired) electrons. The highest BCUT2D eigenvalue weighted by molar-refractivity contribution is 5.80. The quantitative estimate of drug-likeness (QED) is 0.250. The Hall–Kier alpha value is -4.94. The Morgan fingerprint density at radius 3 is 2.26 bits per heavy atom. The molecule has 9 rings (SSSR count). The van der Waals surface area contributed by atoms with Crippen LogP contribution >= 0.6 is 0 Å². The van der Waals surface area contributed by atoms with Crippen molar-refractivity contribution in [3.05, 3.63) is 197 Å². The minimum Gasteiger partial charge on any atom is -0.0839 e. The van der Waals surface area contributed by atoms with E-state index in [0.29, 0.717) is 23.7 Å². The maximum absolute atomic E-state index is 2.58. The Kier molecular flexibility index (Phi) is 8.55. The Morgan fingerprint density at radius 1 is 0.600 bits per heavy atom. The van der Waals surface area contributed by atoms with Gasteiger partial charge in [-0.05, 0) is 142 Å². The minimum atomic E-state index is 0.419. The summed E-state index contributed by atoms with van der Waals surface area (Å²) < 4.78 is 0. The molecular formula is C50H46. The number of allylic oxidation sites excluding steroid dienone is 20. The Labute approximate surface area is 298 Å². The van der Waals surface area contributed by atoms with Gasteiger partial charge in [0, 0.05) is 5.92 Å². The van der Waals surface area contributed by atoms with Gasteiger partial charge in [0.1, 0.15) is 0 Å². The van der Waals surface area contributed by atoms with Crippen molar-refractivity contribution in [2.24, 2.45) is 17.8 Å². The molecule has 0 spiro atoms. The highest BCUT2D eigenvalue weighted by Gasteiger charge is 2.30. The zero-order valence-corrected chi connectivity index (χ0v) is 29.0.